The number of Topliss-reactive ketones (excluding diaryl/α,β-unsaturated/α-hetero) is 1. The highest BCUT2D eigenvalue weighted by atomic mass is 16.1. The van der Waals surface area contributed by atoms with E-state index in [9.17, 15) is 4.79 Å². The monoisotopic (exact) mass is 502 g/mol. The van der Waals surface area contributed by atoms with E-state index in [-0.39, 0.29) is 10.8 Å². The lowest BCUT2D eigenvalue weighted by Gasteiger charge is -2.68. The van der Waals surface area contributed by atoms with Gasteiger partial charge in [0.15, 0.2) is 5.78 Å². The van der Waals surface area contributed by atoms with Crippen LogP contribution >= 0.6 is 0 Å². The molecule has 3 saturated carbocycles. The Hall–Kier alpha value is -1.11. The average Bonchev–Trinajstić information content (AvgIpc) is 3.09. The summed E-state index contributed by atoms with van der Waals surface area (Å²) in [5, 5.41) is 0. The molecule has 1 nitrogen and oxygen atoms in total. The van der Waals surface area contributed by atoms with Crippen LogP contribution in [-0.4, -0.2) is 5.78 Å². The maximum atomic E-state index is 13.2. The van der Waals surface area contributed by atoms with E-state index in [4.69, 9.17) is 0 Å². The number of carbonyl (C=O) groups is 1. The molecule has 0 N–H and O–H groups in total. The third-order valence-corrected chi connectivity index (χ3v) is 13.5. The molecule has 6 rings (SSSR count). The molecule has 0 aromatic carbocycles. The van der Waals surface area contributed by atoms with E-state index < -0.39 is 0 Å². The minimum absolute atomic E-state index is 0.151. The zero-order valence-electron chi connectivity index (χ0n) is 25.3. The van der Waals surface area contributed by atoms with Gasteiger partial charge in [0.25, 0.3) is 0 Å². The van der Waals surface area contributed by atoms with Crippen molar-refractivity contribution >= 4 is 5.78 Å². The van der Waals surface area contributed by atoms with Gasteiger partial charge < -0.3 is 0 Å². The van der Waals surface area contributed by atoms with Gasteiger partial charge in [-0.05, 0) is 138 Å². The van der Waals surface area contributed by atoms with Crippen molar-refractivity contribution in [3.63, 3.8) is 0 Å². The maximum Gasteiger partial charge on any atom is 0.159 e. The fourth-order valence-corrected chi connectivity index (χ4v) is 11.9. The molecule has 37 heavy (non-hydrogen) atoms. The molecule has 3 fully saturated rings. The molecule has 0 aromatic heterocycles. The van der Waals surface area contributed by atoms with Crippen LogP contribution in [0.25, 0.3) is 0 Å². The molecular weight excluding hydrogens is 448 g/mol. The number of ketones is 1. The van der Waals surface area contributed by atoms with Gasteiger partial charge in [-0.25, -0.2) is 0 Å². The predicted molar refractivity (Wildman–Crippen MR) is 155 cm³/mol. The largest absolute Gasteiger partial charge is 0.295 e. The first-order valence-corrected chi connectivity index (χ1v) is 16.0. The van der Waals surface area contributed by atoms with Crippen LogP contribution in [0.2, 0.25) is 0 Å². The molecule has 0 amide bonds. The highest BCUT2D eigenvalue weighted by molar-refractivity contribution is 6.00. The van der Waals surface area contributed by atoms with Crippen LogP contribution in [-0.2, 0) is 4.79 Å². The Labute approximate surface area is 228 Å². The van der Waals surface area contributed by atoms with Crippen molar-refractivity contribution in [2.75, 3.05) is 0 Å². The average molecular weight is 503 g/mol. The molecule has 8 unspecified atom stereocenters. The van der Waals surface area contributed by atoms with Crippen molar-refractivity contribution in [2.24, 2.45) is 57.2 Å². The third-order valence-electron chi connectivity index (χ3n) is 13.5. The SMILES string of the molecule is CC1CC=C(C2=CCC3(C)C(CCC4(C)C5CCC6(C)CC(=O)C(C(C)C)=C6C5CCC43)C2(C)C)CC1. The number of hydrogen-bond acceptors (Lipinski definition) is 1. The molecule has 0 aliphatic heterocycles. The van der Waals surface area contributed by atoms with Crippen LogP contribution in [0.15, 0.2) is 34.4 Å². The van der Waals surface area contributed by atoms with E-state index in [1.54, 1.807) is 16.7 Å². The summed E-state index contributed by atoms with van der Waals surface area (Å²) in [5.41, 5.74) is 7.52. The van der Waals surface area contributed by atoms with E-state index in [0.29, 0.717) is 28.4 Å². The number of rotatable bonds is 2. The summed E-state index contributed by atoms with van der Waals surface area (Å²) >= 11 is 0. The lowest BCUT2D eigenvalue weighted by molar-refractivity contribution is -0.158. The van der Waals surface area contributed by atoms with Crippen LogP contribution in [0.4, 0.5) is 0 Å². The Morgan fingerprint density at radius 3 is 2.30 bits per heavy atom. The molecule has 8 atom stereocenters. The van der Waals surface area contributed by atoms with Crippen molar-refractivity contribution < 1.29 is 4.79 Å². The van der Waals surface area contributed by atoms with Gasteiger partial charge in [-0.15, -0.1) is 0 Å². The summed E-state index contributed by atoms with van der Waals surface area (Å²) in [6.07, 6.45) is 19.3. The summed E-state index contributed by atoms with van der Waals surface area (Å²) in [6.45, 7) is 20.0. The van der Waals surface area contributed by atoms with E-state index >= 15 is 0 Å². The van der Waals surface area contributed by atoms with Gasteiger partial charge in [-0.1, -0.05) is 73.1 Å². The standard InChI is InChI=1S/C36H54O/c1-22(2)31-28(37)21-34(6)18-15-27-25(32(31)34)13-14-30-35(27,7)20-17-29-33(4,5)26(16-19-36(29,30)8)24-11-9-23(3)10-12-24/h11,16,22-23,25,27,29-30H,9-10,12-15,17-21H2,1-8H3. The zero-order chi connectivity index (χ0) is 26.5. The molecule has 0 bridgehead atoms. The van der Waals surface area contributed by atoms with Crippen molar-refractivity contribution in [3.8, 4) is 0 Å². The van der Waals surface area contributed by atoms with Gasteiger partial charge in [0, 0.05) is 6.42 Å². The molecule has 0 spiro atoms. The van der Waals surface area contributed by atoms with Gasteiger partial charge >= 0.3 is 0 Å². The second kappa shape index (κ2) is 8.44. The number of fused-ring (bicyclic) bond motifs is 7. The minimum atomic E-state index is 0.151. The topological polar surface area (TPSA) is 17.1 Å². The van der Waals surface area contributed by atoms with Crippen LogP contribution in [0, 0.1) is 57.2 Å². The fraction of sp³-hybridized carbons (Fsp3) is 0.806. The van der Waals surface area contributed by atoms with E-state index in [1.165, 1.54) is 69.8 Å². The van der Waals surface area contributed by atoms with E-state index in [0.717, 1.165) is 30.1 Å². The first-order chi connectivity index (χ1) is 17.3. The molecule has 6 aliphatic carbocycles. The Morgan fingerprint density at radius 2 is 1.62 bits per heavy atom. The molecule has 0 radical (unpaired) electrons. The molecule has 204 valence electrons. The molecule has 0 heterocycles. The van der Waals surface area contributed by atoms with Crippen molar-refractivity contribution in [1.29, 1.82) is 0 Å². The Bertz CT molecular complexity index is 1080. The zero-order valence-corrected chi connectivity index (χ0v) is 25.3. The second-order valence-electron chi connectivity index (χ2n) is 16.3. The Morgan fingerprint density at radius 1 is 0.865 bits per heavy atom. The fourth-order valence-electron chi connectivity index (χ4n) is 11.9. The summed E-state index contributed by atoms with van der Waals surface area (Å²) in [4.78, 5) is 13.2. The smallest absolute Gasteiger partial charge is 0.159 e. The summed E-state index contributed by atoms with van der Waals surface area (Å²) in [7, 11) is 0. The van der Waals surface area contributed by atoms with Gasteiger partial charge in [0.05, 0.1) is 0 Å². The highest BCUT2D eigenvalue weighted by Crippen LogP contribution is 2.73. The van der Waals surface area contributed by atoms with Crippen LogP contribution in [0.5, 0.6) is 0 Å². The lowest BCUT2D eigenvalue weighted by atomic mass is 9.37. The van der Waals surface area contributed by atoms with Gasteiger partial charge in [-0.2, -0.15) is 0 Å². The van der Waals surface area contributed by atoms with Crippen molar-refractivity contribution in [1.82, 2.24) is 0 Å². The molecule has 6 aliphatic rings. The second-order valence-corrected chi connectivity index (χ2v) is 16.3. The third kappa shape index (κ3) is 3.57. The highest BCUT2D eigenvalue weighted by Gasteiger charge is 2.65. The molecule has 0 saturated heterocycles. The summed E-state index contributed by atoms with van der Waals surface area (Å²) < 4.78 is 0. The Balaban J connectivity index is 1.36. The summed E-state index contributed by atoms with van der Waals surface area (Å²) in [6, 6.07) is 0. The molecule has 0 aromatic rings. The van der Waals surface area contributed by atoms with Crippen LogP contribution in [0.1, 0.15) is 126 Å². The quantitative estimate of drug-likeness (QED) is 0.367. The van der Waals surface area contributed by atoms with Gasteiger partial charge in [0.2, 0.25) is 0 Å². The maximum absolute atomic E-state index is 13.2. The van der Waals surface area contributed by atoms with Crippen molar-refractivity contribution in [2.45, 2.75) is 126 Å². The molecular formula is C36H54O. The first kappa shape index (κ1) is 26.1. The van der Waals surface area contributed by atoms with E-state index in [2.05, 4.69) is 67.5 Å². The van der Waals surface area contributed by atoms with Crippen LogP contribution < -0.4 is 0 Å². The Kier molecular flexibility index (Phi) is 5.96. The minimum Gasteiger partial charge on any atom is -0.295 e. The summed E-state index contributed by atoms with van der Waals surface area (Å²) in [5.74, 6) is 4.72. The number of carbonyl (C=O) groups excluding carboxylic acids is 1. The van der Waals surface area contributed by atoms with E-state index in [1.807, 2.05) is 0 Å². The van der Waals surface area contributed by atoms with Gasteiger partial charge in [0.1, 0.15) is 0 Å². The van der Waals surface area contributed by atoms with Gasteiger partial charge in [-0.3, -0.25) is 4.79 Å². The molecule has 1 heteroatoms. The normalized spacial score (nSPS) is 47.1. The van der Waals surface area contributed by atoms with Crippen molar-refractivity contribution in [3.05, 3.63) is 34.4 Å². The predicted octanol–water partition coefficient (Wildman–Crippen LogP) is 9.88. The number of hydrogen-bond donors (Lipinski definition) is 0. The van der Waals surface area contributed by atoms with Crippen LogP contribution in [0.3, 0.4) is 0 Å². The number of allylic oxidation sites excluding steroid dienone is 6. The lowest BCUT2D eigenvalue weighted by Crippen LogP contribution is -2.60. The first-order valence-electron chi connectivity index (χ1n) is 16.0.